The fourth-order valence-corrected chi connectivity index (χ4v) is 5.71. The van der Waals surface area contributed by atoms with E-state index in [9.17, 15) is 0 Å². The second kappa shape index (κ2) is 4.87. The number of nitrogens with zero attached hydrogens (tertiary/aromatic N) is 1. The molecular weight excluding hydrogens is 246 g/mol. The molecule has 4 fully saturated rings. The third-order valence-electron chi connectivity index (χ3n) is 6.29. The van der Waals surface area contributed by atoms with Crippen molar-refractivity contribution in [3.05, 3.63) is 17.7 Å². The van der Waals surface area contributed by atoms with Gasteiger partial charge in [0.05, 0.1) is 0 Å². The van der Waals surface area contributed by atoms with Gasteiger partial charge in [-0.3, -0.25) is 0 Å². The first-order chi connectivity index (χ1) is 9.72. The number of aromatic amines is 1. The third kappa shape index (κ3) is 2.11. The largest absolute Gasteiger partial charge is 0.346 e. The van der Waals surface area contributed by atoms with Gasteiger partial charge in [-0.15, -0.1) is 0 Å². The van der Waals surface area contributed by atoms with Crippen LogP contribution in [0.1, 0.15) is 50.5 Å². The monoisotopic (exact) mass is 273 g/mol. The Hall–Kier alpha value is -0.830. The third-order valence-corrected chi connectivity index (χ3v) is 6.29. The zero-order valence-corrected chi connectivity index (χ0v) is 12.5. The van der Waals surface area contributed by atoms with Gasteiger partial charge >= 0.3 is 0 Å². The number of aromatic nitrogens is 2. The number of rotatable bonds is 4. The summed E-state index contributed by atoms with van der Waals surface area (Å²) >= 11 is 0. The Kier molecular flexibility index (Phi) is 3.13. The average molecular weight is 273 g/mol. The number of imidazole rings is 1. The highest BCUT2D eigenvalue weighted by Gasteiger charge is 2.49. The minimum atomic E-state index is 0.306. The predicted octanol–water partition coefficient (Wildman–Crippen LogP) is 2.91. The molecule has 4 aliphatic carbocycles. The van der Waals surface area contributed by atoms with Crippen LogP contribution in [-0.2, 0) is 12.8 Å². The minimum Gasteiger partial charge on any atom is -0.346 e. The zero-order chi connectivity index (χ0) is 13.7. The summed E-state index contributed by atoms with van der Waals surface area (Å²) in [5.74, 6) is 5.78. The van der Waals surface area contributed by atoms with Crippen LogP contribution in [0.5, 0.6) is 0 Å². The fraction of sp³-hybridized carbons (Fsp3) is 0.824. The van der Waals surface area contributed by atoms with E-state index in [0.29, 0.717) is 6.04 Å². The van der Waals surface area contributed by atoms with Gasteiger partial charge in [0.25, 0.3) is 0 Å². The highest BCUT2D eigenvalue weighted by Crippen LogP contribution is 2.57. The summed E-state index contributed by atoms with van der Waals surface area (Å²) in [6, 6.07) is 0.306. The molecule has 4 bridgehead atoms. The van der Waals surface area contributed by atoms with E-state index in [4.69, 9.17) is 5.73 Å². The first-order valence-corrected chi connectivity index (χ1v) is 8.51. The van der Waals surface area contributed by atoms with E-state index in [2.05, 4.69) is 16.9 Å². The van der Waals surface area contributed by atoms with Crippen molar-refractivity contribution in [1.82, 2.24) is 9.97 Å². The first-order valence-electron chi connectivity index (χ1n) is 8.51. The van der Waals surface area contributed by atoms with Crippen LogP contribution in [0.4, 0.5) is 0 Å². The number of H-pyrrole nitrogens is 1. The summed E-state index contributed by atoms with van der Waals surface area (Å²) in [4.78, 5) is 7.93. The number of nitrogens with two attached hydrogens (primary N) is 1. The summed E-state index contributed by atoms with van der Waals surface area (Å²) < 4.78 is 0. The average Bonchev–Trinajstić information content (AvgIpc) is 2.85. The van der Waals surface area contributed by atoms with Crippen LogP contribution in [0.15, 0.2) is 6.20 Å². The normalized spacial score (nSPS) is 40.2. The van der Waals surface area contributed by atoms with Gasteiger partial charge in [-0.05, 0) is 68.1 Å². The SMILES string of the molecule is CCc1cnc(CC(N)C2C3CC4CC(C3)CC2C4)[nH]1. The molecule has 3 heteroatoms. The lowest BCUT2D eigenvalue weighted by Crippen LogP contribution is -2.52. The van der Waals surface area contributed by atoms with E-state index in [-0.39, 0.29) is 0 Å². The van der Waals surface area contributed by atoms with Crippen molar-refractivity contribution in [2.45, 2.75) is 57.9 Å². The molecule has 110 valence electrons. The molecule has 4 saturated carbocycles. The molecule has 5 rings (SSSR count). The topological polar surface area (TPSA) is 54.7 Å². The Morgan fingerprint density at radius 1 is 1.20 bits per heavy atom. The number of nitrogens with one attached hydrogen (secondary N) is 1. The van der Waals surface area contributed by atoms with Crippen LogP contribution >= 0.6 is 0 Å². The van der Waals surface area contributed by atoms with Crippen molar-refractivity contribution >= 4 is 0 Å². The Morgan fingerprint density at radius 3 is 2.40 bits per heavy atom. The number of hydrogen-bond donors (Lipinski definition) is 2. The van der Waals surface area contributed by atoms with Gasteiger partial charge in [-0.2, -0.15) is 0 Å². The van der Waals surface area contributed by atoms with Crippen molar-refractivity contribution in [3.63, 3.8) is 0 Å². The van der Waals surface area contributed by atoms with E-state index in [0.717, 1.165) is 48.3 Å². The Balaban J connectivity index is 1.47. The van der Waals surface area contributed by atoms with E-state index in [1.165, 1.54) is 37.8 Å². The van der Waals surface area contributed by atoms with Crippen LogP contribution in [0.2, 0.25) is 0 Å². The van der Waals surface area contributed by atoms with E-state index in [1.807, 2.05) is 6.20 Å². The molecule has 20 heavy (non-hydrogen) atoms. The minimum absolute atomic E-state index is 0.306. The van der Waals surface area contributed by atoms with Gasteiger partial charge in [-0.1, -0.05) is 6.92 Å². The van der Waals surface area contributed by atoms with Gasteiger partial charge in [-0.25, -0.2) is 4.98 Å². The molecule has 1 aromatic heterocycles. The van der Waals surface area contributed by atoms with E-state index in [1.54, 1.807) is 0 Å². The molecule has 0 radical (unpaired) electrons. The second-order valence-electron chi connectivity index (χ2n) is 7.58. The number of aryl methyl sites for hydroxylation is 1. The van der Waals surface area contributed by atoms with Crippen molar-refractivity contribution in [3.8, 4) is 0 Å². The standard InChI is InChI=1S/C17H27N3/c1-2-14-9-19-16(20-14)8-15(18)17-12-4-10-3-11(6-12)7-13(17)5-10/h9-13,15,17H,2-8,18H2,1H3,(H,19,20). The van der Waals surface area contributed by atoms with Crippen LogP contribution in [0.3, 0.4) is 0 Å². The molecule has 0 aromatic carbocycles. The lowest BCUT2D eigenvalue weighted by molar-refractivity contribution is -0.0466. The molecule has 1 heterocycles. The van der Waals surface area contributed by atoms with Gasteiger partial charge in [0.15, 0.2) is 0 Å². The summed E-state index contributed by atoms with van der Waals surface area (Å²) in [6.45, 7) is 2.16. The second-order valence-corrected chi connectivity index (χ2v) is 7.58. The van der Waals surface area contributed by atoms with Gasteiger partial charge in [0.2, 0.25) is 0 Å². The maximum Gasteiger partial charge on any atom is 0.107 e. The molecular formula is C17H27N3. The lowest BCUT2D eigenvalue weighted by Gasteiger charge is -2.56. The van der Waals surface area contributed by atoms with Gasteiger partial charge < -0.3 is 10.7 Å². The molecule has 3 nitrogen and oxygen atoms in total. The quantitative estimate of drug-likeness (QED) is 0.886. The number of hydrogen-bond acceptors (Lipinski definition) is 2. The molecule has 4 aliphatic rings. The van der Waals surface area contributed by atoms with Crippen molar-refractivity contribution in [1.29, 1.82) is 0 Å². The van der Waals surface area contributed by atoms with Crippen LogP contribution in [-0.4, -0.2) is 16.0 Å². The molecule has 1 unspecified atom stereocenters. The lowest BCUT2D eigenvalue weighted by atomic mass is 9.50. The van der Waals surface area contributed by atoms with Crippen LogP contribution < -0.4 is 5.73 Å². The smallest absolute Gasteiger partial charge is 0.107 e. The molecule has 1 atom stereocenters. The van der Waals surface area contributed by atoms with Crippen molar-refractivity contribution in [2.75, 3.05) is 0 Å². The highest BCUT2D eigenvalue weighted by molar-refractivity contribution is 5.06. The first kappa shape index (κ1) is 12.9. The van der Waals surface area contributed by atoms with E-state index >= 15 is 0 Å². The molecule has 0 spiro atoms. The van der Waals surface area contributed by atoms with E-state index < -0.39 is 0 Å². The summed E-state index contributed by atoms with van der Waals surface area (Å²) in [5, 5.41) is 0. The summed E-state index contributed by atoms with van der Waals surface area (Å²) in [7, 11) is 0. The maximum absolute atomic E-state index is 6.62. The van der Waals surface area contributed by atoms with Gasteiger partial charge in [0, 0.05) is 24.4 Å². The summed E-state index contributed by atoms with van der Waals surface area (Å²) in [5.41, 5.74) is 7.86. The van der Waals surface area contributed by atoms with Crippen LogP contribution in [0.25, 0.3) is 0 Å². The Labute approximate surface area is 121 Å². The molecule has 0 aliphatic heterocycles. The fourth-order valence-electron chi connectivity index (χ4n) is 5.71. The van der Waals surface area contributed by atoms with Crippen molar-refractivity contribution < 1.29 is 0 Å². The van der Waals surface area contributed by atoms with Gasteiger partial charge in [0.1, 0.15) is 5.82 Å². The van der Waals surface area contributed by atoms with Crippen LogP contribution in [0, 0.1) is 29.6 Å². The molecule has 3 N–H and O–H groups in total. The zero-order valence-electron chi connectivity index (χ0n) is 12.5. The molecule has 0 amide bonds. The predicted molar refractivity (Wildman–Crippen MR) is 80.2 cm³/mol. The summed E-state index contributed by atoms with van der Waals surface area (Å²) in [6.07, 6.45) is 11.3. The Morgan fingerprint density at radius 2 is 1.85 bits per heavy atom. The highest BCUT2D eigenvalue weighted by atomic mass is 14.9. The molecule has 1 aromatic rings. The Bertz CT molecular complexity index is 450. The maximum atomic E-state index is 6.62. The molecule has 0 saturated heterocycles. The van der Waals surface area contributed by atoms with Crippen molar-refractivity contribution in [2.24, 2.45) is 35.3 Å².